The Morgan fingerprint density at radius 1 is 1.33 bits per heavy atom. The van der Waals surface area contributed by atoms with Crippen LogP contribution in [0.1, 0.15) is 19.3 Å². The molecule has 6 heteroatoms. The van der Waals surface area contributed by atoms with Crippen molar-refractivity contribution in [2.45, 2.75) is 31.5 Å². The number of nitrogens with zero attached hydrogens (tertiary/aromatic N) is 1. The summed E-state index contributed by atoms with van der Waals surface area (Å²) in [6.45, 7) is -0.302. The molecule has 3 nitrogen and oxygen atoms in total. The molecule has 0 radical (unpaired) electrons. The number of aliphatic hydroxyl groups excluding tert-OH is 1. The first-order valence-corrected chi connectivity index (χ1v) is 6.19. The lowest BCUT2D eigenvalue weighted by molar-refractivity contribution is -0.174. The molecule has 1 rings (SSSR count). The Bertz CT molecular complexity index is 256. The molecule has 0 spiro atoms. The first kappa shape index (κ1) is 15.5. The maximum absolute atomic E-state index is 11.9. The van der Waals surface area contributed by atoms with Gasteiger partial charge < -0.3 is 9.84 Å². The summed E-state index contributed by atoms with van der Waals surface area (Å²) in [5.41, 5.74) is 0. The molecule has 18 heavy (non-hydrogen) atoms. The molecule has 0 aliphatic heterocycles. The summed E-state index contributed by atoms with van der Waals surface area (Å²) in [6.07, 6.45) is 2.97. The fourth-order valence-corrected chi connectivity index (χ4v) is 2.04. The van der Waals surface area contributed by atoms with Crippen LogP contribution >= 0.6 is 0 Å². The van der Waals surface area contributed by atoms with Gasteiger partial charge in [0.2, 0.25) is 0 Å². The average Bonchev–Trinajstić information content (AvgIpc) is 2.33. The standard InChI is InChI=1S/C12H20F3NO2/c13-12(14,15)10-18-9-7-16(6-8-17)11-4-2-1-3-5-11/h2,4,11,17H,1,3,5-10H2. The Morgan fingerprint density at radius 2 is 2.11 bits per heavy atom. The van der Waals surface area contributed by atoms with E-state index in [0.29, 0.717) is 13.1 Å². The summed E-state index contributed by atoms with van der Waals surface area (Å²) in [5, 5.41) is 8.97. The molecule has 1 aliphatic carbocycles. The first-order valence-electron chi connectivity index (χ1n) is 6.19. The third-order valence-electron chi connectivity index (χ3n) is 2.87. The number of halogens is 3. The third-order valence-corrected chi connectivity index (χ3v) is 2.87. The van der Waals surface area contributed by atoms with Gasteiger partial charge in [-0.05, 0) is 19.3 Å². The van der Waals surface area contributed by atoms with Gasteiger partial charge in [0.05, 0.1) is 13.2 Å². The highest BCUT2D eigenvalue weighted by Gasteiger charge is 2.27. The van der Waals surface area contributed by atoms with E-state index >= 15 is 0 Å². The van der Waals surface area contributed by atoms with Gasteiger partial charge in [0.15, 0.2) is 0 Å². The van der Waals surface area contributed by atoms with Gasteiger partial charge in [0.1, 0.15) is 6.61 Å². The molecule has 0 saturated heterocycles. The van der Waals surface area contributed by atoms with Crippen molar-refractivity contribution >= 4 is 0 Å². The van der Waals surface area contributed by atoms with Gasteiger partial charge >= 0.3 is 6.18 Å². The van der Waals surface area contributed by atoms with E-state index in [1.165, 1.54) is 0 Å². The van der Waals surface area contributed by atoms with Crippen LogP contribution in [0.3, 0.4) is 0 Å². The maximum Gasteiger partial charge on any atom is 0.411 e. The zero-order chi connectivity index (χ0) is 13.4. The van der Waals surface area contributed by atoms with Crippen molar-refractivity contribution in [2.75, 3.05) is 32.9 Å². The Kier molecular flexibility index (Phi) is 6.67. The molecule has 0 fully saturated rings. The number of alkyl halides is 3. The zero-order valence-corrected chi connectivity index (χ0v) is 10.3. The van der Waals surface area contributed by atoms with Crippen LogP contribution in [0.2, 0.25) is 0 Å². The molecule has 0 heterocycles. The van der Waals surface area contributed by atoms with Crippen molar-refractivity contribution in [1.29, 1.82) is 0 Å². The van der Waals surface area contributed by atoms with Crippen LogP contribution < -0.4 is 0 Å². The van der Waals surface area contributed by atoms with Crippen LogP contribution in [-0.2, 0) is 4.74 Å². The quantitative estimate of drug-likeness (QED) is 0.565. The van der Waals surface area contributed by atoms with Crippen LogP contribution in [0.25, 0.3) is 0 Å². The molecule has 1 unspecified atom stereocenters. The van der Waals surface area contributed by atoms with Crippen molar-refractivity contribution in [3.05, 3.63) is 12.2 Å². The fourth-order valence-electron chi connectivity index (χ4n) is 2.04. The van der Waals surface area contributed by atoms with Crippen LogP contribution in [0, 0.1) is 0 Å². The van der Waals surface area contributed by atoms with Crippen molar-refractivity contribution in [3.8, 4) is 0 Å². The van der Waals surface area contributed by atoms with Gasteiger partial charge in [-0.2, -0.15) is 13.2 Å². The summed E-state index contributed by atoms with van der Waals surface area (Å²) >= 11 is 0. The smallest absolute Gasteiger partial charge is 0.395 e. The lowest BCUT2D eigenvalue weighted by Gasteiger charge is -2.30. The highest BCUT2D eigenvalue weighted by Crippen LogP contribution is 2.17. The predicted molar refractivity (Wildman–Crippen MR) is 62.3 cm³/mol. The van der Waals surface area contributed by atoms with Crippen molar-refractivity contribution in [2.24, 2.45) is 0 Å². The molecule has 0 amide bonds. The summed E-state index contributed by atoms with van der Waals surface area (Å²) in [4.78, 5) is 1.96. The van der Waals surface area contributed by atoms with Gasteiger partial charge in [0, 0.05) is 19.1 Å². The summed E-state index contributed by atoms with van der Waals surface area (Å²) in [6, 6.07) is 0.209. The van der Waals surface area contributed by atoms with E-state index < -0.39 is 12.8 Å². The minimum absolute atomic E-state index is 0.00358. The lowest BCUT2D eigenvalue weighted by Crippen LogP contribution is -2.39. The average molecular weight is 267 g/mol. The minimum atomic E-state index is -4.27. The first-order chi connectivity index (χ1) is 8.53. The Hall–Kier alpha value is -0.590. The Morgan fingerprint density at radius 3 is 2.67 bits per heavy atom. The molecule has 0 aromatic carbocycles. The van der Waals surface area contributed by atoms with Gasteiger partial charge in [-0.15, -0.1) is 0 Å². The third kappa shape index (κ3) is 6.37. The second-order valence-corrected chi connectivity index (χ2v) is 4.35. The van der Waals surface area contributed by atoms with Gasteiger partial charge in [-0.1, -0.05) is 12.2 Å². The van der Waals surface area contributed by atoms with E-state index in [0.717, 1.165) is 19.3 Å². The topological polar surface area (TPSA) is 32.7 Å². The zero-order valence-electron chi connectivity index (χ0n) is 10.3. The van der Waals surface area contributed by atoms with Crippen LogP contribution in [-0.4, -0.2) is 55.1 Å². The molecule has 0 aromatic rings. The van der Waals surface area contributed by atoms with Crippen molar-refractivity contribution in [3.63, 3.8) is 0 Å². The maximum atomic E-state index is 11.9. The molecule has 106 valence electrons. The van der Waals surface area contributed by atoms with Gasteiger partial charge in [-0.3, -0.25) is 4.90 Å². The minimum Gasteiger partial charge on any atom is -0.395 e. The van der Waals surface area contributed by atoms with E-state index in [-0.39, 0.29) is 19.3 Å². The number of allylic oxidation sites excluding steroid dienone is 1. The molecule has 0 aromatic heterocycles. The monoisotopic (exact) mass is 267 g/mol. The number of rotatable bonds is 7. The van der Waals surface area contributed by atoms with Crippen molar-refractivity contribution < 1.29 is 23.0 Å². The van der Waals surface area contributed by atoms with E-state index in [2.05, 4.69) is 16.9 Å². The highest BCUT2D eigenvalue weighted by molar-refractivity contribution is 4.98. The van der Waals surface area contributed by atoms with E-state index in [1.54, 1.807) is 0 Å². The summed E-state index contributed by atoms with van der Waals surface area (Å²) < 4.78 is 40.3. The van der Waals surface area contributed by atoms with Gasteiger partial charge in [-0.25, -0.2) is 0 Å². The molecule has 0 saturated carbocycles. The van der Waals surface area contributed by atoms with Gasteiger partial charge in [0.25, 0.3) is 0 Å². The Labute approximate surface area is 105 Å². The molecule has 1 N–H and O–H groups in total. The number of hydrogen-bond acceptors (Lipinski definition) is 3. The second-order valence-electron chi connectivity index (χ2n) is 4.35. The molecule has 1 aliphatic rings. The Balaban J connectivity index is 2.29. The molecule has 1 atom stereocenters. The lowest BCUT2D eigenvalue weighted by atomic mass is 10.0. The number of hydrogen-bond donors (Lipinski definition) is 1. The predicted octanol–water partition coefficient (Wildman–Crippen LogP) is 1.97. The molecular formula is C12H20F3NO2. The molecule has 0 bridgehead atoms. The molecular weight excluding hydrogens is 247 g/mol. The fraction of sp³-hybridized carbons (Fsp3) is 0.833. The summed E-state index contributed by atoms with van der Waals surface area (Å²) in [7, 11) is 0. The largest absolute Gasteiger partial charge is 0.411 e. The number of ether oxygens (including phenoxy) is 1. The SMILES string of the molecule is OCCN(CCOCC(F)(F)F)C1C=CCCC1. The van der Waals surface area contributed by atoms with E-state index in [9.17, 15) is 13.2 Å². The normalized spacial score (nSPS) is 20.6. The van der Waals surface area contributed by atoms with Crippen LogP contribution in [0.4, 0.5) is 13.2 Å². The number of aliphatic hydroxyl groups is 1. The van der Waals surface area contributed by atoms with Crippen LogP contribution in [0.15, 0.2) is 12.2 Å². The summed E-state index contributed by atoms with van der Waals surface area (Å²) in [5.74, 6) is 0. The van der Waals surface area contributed by atoms with E-state index in [1.807, 2.05) is 4.90 Å². The van der Waals surface area contributed by atoms with Crippen LogP contribution in [0.5, 0.6) is 0 Å². The second kappa shape index (κ2) is 7.76. The highest BCUT2D eigenvalue weighted by atomic mass is 19.4. The van der Waals surface area contributed by atoms with E-state index in [4.69, 9.17) is 5.11 Å². The van der Waals surface area contributed by atoms with Crippen molar-refractivity contribution in [1.82, 2.24) is 4.90 Å².